The van der Waals surface area contributed by atoms with E-state index in [9.17, 15) is 40.2 Å². The molecule has 0 spiro atoms. The van der Waals surface area contributed by atoms with Crippen molar-refractivity contribution in [1.82, 2.24) is 0 Å². The second-order valence-corrected chi connectivity index (χ2v) is 8.15. The molecule has 0 aliphatic rings. The number of carboxylic acid groups (broad SMARTS) is 2. The van der Waals surface area contributed by atoms with Crippen LogP contribution < -0.4 is 20.4 Å². The number of azo groups is 2. The van der Waals surface area contributed by atoms with Gasteiger partial charge in [0.2, 0.25) is 0 Å². The molecule has 0 aromatic heterocycles. The first-order chi connectivity index (χ1) is 18.6. The predicted octanol–water partition coefficient (Wildman–Crippen LogP) is 3.79. The van der Waals surface area contributed by atoms with Gasteiger partial charge in [-0.05, 0) is 53.9 Å². The summed E-state index contributed by atoms with van der Waals surface area (Å²) < 4.78 is 0. The second kappa shape index (κ2) is 14.1. The van der Waals surface area contributed by atoms with Gasteiger partial charge in [0.15, 0.2) is 0 Å². The smallest absolute Gasteiger partial charge is 0.872 e. The predicted molar refractivity (Wildman–Crippen MR) is 129 cm³/mol. The zero-order valence-electron chi connectivity index (χ0n) is 20.4. The molecule has 14 heteroatoms. The van der Waals surface area contributed by atoms with Gasteiger partial charge in [-0.3, -0.25) is 0 Å². The summed E-state index contributed by atoms with van der Waals surface area (Å²) in [4.78, 5) is 23.6. The Morgan fingerprint density at radius 3 is 1.22 bits per heavy atom. The van der Waals surface area contributed by atoms with E-state index in [0.717, 1.165) is 24.3 Å². The standard InChI is InChI=1S/C27H20N4O8.2Cu/c32-16-3-7-22(24(34)12-16)30-28-20-5-1-14(10-18(20)26(36)37)9-15-2-6-21(19(11-15)27(38)39)29-31-23-8-4-17(33)13-25(23)35;;/h1-8,10-13,32-35H,9H2,(H,36,37)(H,38,39);;/q;2*+2/p-4. The number of rotatable bonds is 8. The minimum absolute atomic E-state index is 0. The van der Waals surface area contributed by atoms with Crippen molar-refractivity contribution in [3.05, 3.63) is 95.1 Å². The summed E-state index contributed by atoms with van der Waals surface area (Å²) in [6, 6.07) is 15.0. The molecular weight excluding hydrogens is 635 g/mol. The van der Waals surface area contributed by atoms with E-state index in [1.165, 1.54) is 36.4 Å². The Labute approximate surface area is 253 Å². The molecule has 12 nitrogen and oxygen atoms in total. The van der Waals surface area contributed by atoms with E-state index in [4.69, 9.17) is 0 Å². The number of benzene rings is 4. The maximum Gasteiger partial charge on any atom is 2.00 e. The van der Waals surface area contributed by atoms with Crippen LogP contribution in [-0.2, 0) is 40.6 Å². The van der Waals surface area contributed by atoms with Crippen molar-refractivity contribution in [2.75, 3.05) is 0 Å². The Morgan fingerprint density at radius 1 is 0.537 bits per heavy atom. The minimum atomic E-state index is -1.30. The molecule has 41 heavy (non-hydrogen) atoms. The van der Waals surface area contributed by atoms with Gasteiger partial charge >= 0.3 is 46.1 Å². The summed E-state index contributed by atoms with van der Waals surface area (Å²) in [5.41, 5.74) is 0.334. The maximum atomic E-state index is 11.8. The monoisotopic (exact) mass is 650 g/mol. The third-order valence-electron chi connectivity index (χ3n) is 5.38. The fourth-order valence-electron chi connectivity index (χ4n) is 3.51. The fourth-order valence-corrected chi connectivity index (χ4v) is 3.51. The number of nitrogens with zero attached hydrogens (tertiary/aromatic N) is 4. The molecule has 0 saturated heterocycles. The molecule has 4 rings (SSSR count). The van der Waals surface area contributed by atoms with Crippen LogP contribution in [0.4, 0.5) is 22.7 Å². The SMILES string of the molecule is O=C(O)c1cc(Cc2ccc(N=Nc3ccc([O-])cc3[O-])c(C(=O)O)c2)ccc1N=Nc1ccc([O-])cc1[O-].[Cu+2].[Cu+2]. The number of carbonyl (C=O) groups is 2. The van der Waals surface area contributed by atoms with E-state index in [1.807, 2.05) is 0 Å². The van der Waals surface area contributed by atoms with E-state index in [1.54, 1.807) is 12.1 Å². The third kappa shape index (κ3) is 8.13. The molecule has 0 saturated carbocycles. The van der Waals surface area contributed by atoms with Crippen molar-refractivity contribution < 1.29 is 74.4 Å². The van der Waals surface area contributed by atoms with Gasteiger partial charge in [0.05, 0.1) is 22.5 Å². The summed E-state index contributed by atoms with van der Waals surface area (Å²) in [5.74, 6) is -4.86. The van der Waals surface area contributed by atoms with Gasteiger partial charge in [-0.2, -0.15) is 10.2 Å². The van der Waals surface area contributed by atoms with Crippen LogP contribution in [0.2, 0.25) is 0 Å². The van der Waals surface area contributed by atoms with Gasteiger partial charge in [0.1, 0.15) is 11.4 Å². The molecule has 4 aromatic rings. The number of hydrogen-bond donors (Lipinski definition) is 2. The normalized spacial score (nSPS) is 10.7. The summed E-state index contributed by atoms with van der Waals surface area (Å²) in [7, 11) is 0. The molecule has 4 aromatic carbocycles. The van der Waals surface area contributed by atoms with Crippen LogP contribution in [0.5, 0.6) is 23.0 Å². The van der Waals surface area contributed by atoms with E-state index in [2.05, 4.69) is 20.5 Å². The first kappa shape index (κ1) is 32.5. The molecule has 0 aliphatic carbocycles. The van der Waals surface area contributed by atoms with Crippen molar-refractivity contribution in [3.8, 4) is 23.0 Å². The largest absolute Gasteiger partial charge is 2.00 e. The van der Waals surface area contributed by atoms with E-state index >= 15 is 0 Å². The first-order valence-electron chi connectivity index (χ1n) is 11.1. The van der Waals surface area contributed by atoms with Gasteiger partial charge in [-0.15, -0.1) is 21.7 Å². The Morgan fingerprint density at radius 2 is 0.878 bits per heavy atom. The van der Waals surface area contributed by atoms with Gasteiger partial charge in [0.25, 0.3) is 0 Å². The molecule has 2 N–H and O–H groups in total. The number of carboxylic acids is 2. The van der Waals surface area contributed by atoms with Crippen molar-refractivity contribution in [2.24, 2.45) is 20.5 Å². The average Bonchev–Trinajstić information content (AvgIpc) is 2.88. The summed E-state index contributed by atoms with van der Waals surface area (Å²) in [6.07, 6.45) is 0.154. The summed E-state index contributed by atoms with van der Waals surface area (Å²) in [5, 5.41) is 80.6. The van der Waals surface area contributed by atoms with Crippen LogP contribution in [0.15, 0.2) is 93.3 Å². The van der Waals surface area contributed by atoms with Crippen LogP contribution in [0, 0.1) is 0 Å². The van der Waals surface area contributed by atoms with E-state index < -0.39 is 34.9 Å². The van der Waals surface area contributed by atoms with Crippen LogP contribution in [0.1, 0.15) is 31.8 Å². The minimum Gasteiger partial charge on any atom is -0.872 e. The Hall–Kier alpha value is -4.74. The molecule has 0 bridgehead atoms. The van der Waals surface area contributed by atoms with E-state index in [-0.39, 0.29) is 74.4 Å². The Balaban J connectivity index is 0.00000294. The summed E-state index contributed by atoms with van der Waals surface area (Å²) >= 11 is 0. The molecule has 0 unspecified atom stereocenters. The van der Waals surface area contributed by atoms with Gasteiger partial charge < -0.3 is 30.6 Å². The molecule has 0 aliphatic heterocycles. The third-order valence-corrected chi connectivity index (χ3v) is 5.38. The molecule has 0 amide bonds. The second-order valence-electron chi connectivity index (χ2n) is 8.15. The maximum absolute atomic E-state index is 11.8. The zero-order valence-corrected chi connectivity index (χ0v) is 22.3. The van der Waals surface area contributed by atoms with Crippen LogP contribution in [0.25, 0.3) is 0 Å². The fraction of sp³-hybridized carbons (Fsp3) is 0.0370. The average molecular weight is 652 g/mol. The number of hydrogen-bond acceptors (Lipinski definition) is 10. The van der Waals surface area contributed by atoms with Gasteiger partial charge in [-0.1, -0.05) is 47.9 Å². The molecule has 0 heterocycles. The number of aromatic carboxylic acids is 2. The van der Waals surface area contributed by atoms with Crippen LogP contribution in [0.3, 0.4) is 0 Å². The van der Waals surface area contributed by atoms with Crippen molar-refractivity contribution in [2.45, 2.75) is 6.42 Å². The molecular formula is C27H16Cu2N4O8. The van der Waals surface area contributed by atoms with Gasteiger partial charge in [-0.25, -0.2) is 9.59 Å². The molecule has 0 atom stereocenters. The van der Waals surface area contributed by atoms with E-state index in [0.29, 0.717) is 11.1 Å². The molecule has 0 fully saturated rings. The topological polar surface area (TPSA) is 216 Å². The molecule has 214 valence electrons. The zero-order chi connectivity index (χ0) is 28.1. The van der Waals surface area contributed by atoms with Crippen molar-refractivity contribution >= 4 is 34.7 Å². The van der Waals surface area contributed by atoms with Crippen LogP contribution >= 0.6 is 0 Å². The summed E-state index contributed by atoms with van der Waals surface area (Å²) in [6.45, 7) is 0. The van der Waals surface area contributed by atoms with Gasteiger partial charge in [0, 0.05) is 0 Å². The molecule has 2 radical (unpaired) electrons. The quantitative estimate of drug-likeness (QED) is 0.210. The Kier molecular flexibility index (Phi) is 11.1. The van der Waals surface area contributed by atoms with Crippen molar-refractivity contribution in [1.29, 1.82) is 0 Å². The first-order valence-corrected chi connectivity index (χ1v) is 11.1. The Bertz CT molecular complexity index is 1540. The van der Waals surface area contributed by atoms with Crippen molar-refractivity contribution in [3.63, 3.8) is 0 Å². The van der Waals surface area contributed by atoms with Crippen LogP contribution in [-0.4, -0.2) is 22.2 Å².